The normalized spacial score (nSPS) is 20.0. The third kappa shape index (κ3) is 3.82. The lowest BCUT2D eigenvalue weighted by atomic mass is 9.72. The number of benzene rings is 2. The monoisotopic (exact) mass is 362 g/mol. The van der Waals surface area contributed by atoms with Crippen molar-refractivity contribution in [3.8, 4) is 5.75 Å². The highest BCUT2D eigenvalue weighted by molar-refractivity contribution is 5.75. The minimum atomic E-state index is -4.91. The molecule has 0 aliphatic heterocycles. The molecular formula is C21H18F4O. The molecule has 5 heteroatoms. The van der Waals surface area contributed by atoms with E-state index >= 15 is 0 Å². The Kier molecular flexibility index (Phi) is 4.90. The molecule has 136 valence electrons. The van der Waals surface area contributed by atoms with Gasteiger partial charge in [0.15, 0.2) is 11.6 Å². The van der Waals surface area contributed by atoms with Crippen molar-refractivity contribution >= 4 is 5.57 Å². The van der Waals surface area contributed by atoms with Gasteiger partial charge in [0.1, 0.15) is 0 Å². The molecule has 0 spiro atoms. The number of halogens is 4. The molecule has 26 heavy (non-hydrogen) atoms. The molecule has 1 aliphatic carbocycles. The Hall–Kier alpha value is -2.56. The zero-order valence-electron chi connectivity index (χ0n) is 14.2. The fraction of sp³-hybridized carbons (Fsp3) is 0.238. The van der Waals surface area contributed by atoms with Crippen LogP contribution in [0.3, 0.4) is 0 Å². The van der Waals surface area contributed by atoms with Crippen molar-refractivity contribution in [3.63, 3.8) is 0 Å². The molecule has 2 aromatic rings. The van der Waals surface area contributed by atoms with Crippen LogP contribution in [-0.4, -0.2) is 6.36 Å². The molecular weight excluding hydrogens is 344 g/mol. The third-order valence-electron chi connectivity index (χ3n) is 4.74. The summed E-state index contributed by atoms with van der Waals surface area (Å²) in [5.41, 5.74) is 2.35. The predicted octanol–water partition coefficient (Wildman–Crippen LogP) is 6.42. The summed E-state index contributed by atoms with van der Waals surface area (Å²) in [4.78, 5) is 0. The van der Waals surface area contributed by atoms with Gasteiger partial charge in [-0.05, 0) is 41.7 Å². The van der Waals surface area contributed by atoms with Crippen LogP contribution in [0.5, 0.6) is 5.75 Å². The van der Waals surface area contributed by atoms with E-state index in [-0.39, 0.29) is 0 Å². The van der Waals surface area contributed by atoms with E-state index in [0.29, 0.717) is 18.4 Å². The molecule has 0 radical (unpaired) electrons. The van der Waals surface area contributed by atoms with Crippen molar-refractivity contribution < 1.29 is 22.3 Å². The smallest absolute Gasteiger partial charge is 0.403 e. The van der Waals surface area contributed by atoms with Gasteiger partial charge in [-0.3, -0.25) is 0 Å². The Bertz CT molecular complexity index is 837. The molecule has 3 rings (SSSR count). The van der Waals surface area contributed by atoms with Gasteiger partial charge in [-0.25, -0.2) is 4.39 Å². The van der Waals surface area contributed by atoms with E-state index in [4.69, 9.17) is 0 Å². The number of allylic oxidation sites excluding steroid dienone is 4. The molecule has 2 aromatic carbocycles. The van der Waals surface area contributed by atoms with Gasteiger partial charge >= 0.3 is 6.36 Å². The summed E-state index contributed by atoms with van der Waals surface area (Å²) in [6.45, 7) is 1.98. The lowest BCUT2D eigenvalue weighted by Gasteiger charge is -2.32. The number of hydrogen-bond acceptors (Lipinski definition) is 1. The molecule has 0 fully saturated rings. The molecule has 0 amide bonds. The van der Waals surface area contributed by atoms with Crippen molar-refractivity contribution in [2.24, 2.45) is 0 Å². The van der Waals surface area contributed by atoms with Gasteiger partial charge < -0.3 is 4.74 Å². The fourth-order valence-electron chi connectivity index (χ4n) is 3.22. The van der Waals surface area contributed by atoms with Crippen molar-refractivity contribution in [2.45, 2.75) is 31.5 Å². The van der Waals surface area contributed by atoms with E-state index < -0.39 is 23.3 Å². The van der Waals surface area contributed by atoms with E-state index in [1.54, 1.807) is 0 Å². The van der Waals surface area contributed by atoms with Crippen LogP contribution >= 0.6 is 0 Å². The first-order chi connectivity index (χ1) is 12.3. The highest BCUT2D eigenvalue weighted by Gasteiger charge is 2.34. The molecule has 0 aromatic heterocycles. The van der Waals surface area contributed by atoms with E-state index in [1.807, 2.05) is 49.4 Å². The van der Waals surface area contributed by atoms with Gasteiger partial charge in [-0.15, -0.1) is 13.2 Å². The van der Waals surface area contributed by atoms with Crippen LogP contribution in [0.2, 0.25) is 0 Å². The average Bonchev–Trinajstić information content (AvgIpc) is 2.63. The third-order valence-corrected chi connectivity index (χ3v) is 4.74. The summed E-state index contributed by atoms with van der Waals surface area (Å²) in [5.74, 6) is -1.83. The molecule has 1 atom stereocenters. The lowest BCUT2D eigenvalue weighted by Crippen LogP contribution is -2.24. The van der Waals surface area contributed by atoms with Crippen LogP contribution < -0.4 is 4.74 Å². The summed E-state index contributed by atoms with van der Waals surface area (Å²) < 4.78 is 54.8. The number of ether oxygens (including phenoxy) is 1. The summed E-state index contributed by atoms with van der Waals surface area (Å²) in [6, 6.07) is 13.6. The summed E-state index contributed by atoms with van der Waals surface area (Å²) in [5, 5.41) is 0. The fourth-order valence-corrected chi connectivity index (χ4v) is 3.22. The van der Waals surface area contributed by atoms with Crippen molar-refractivity contribution in [2.75, 3.05) is 0 Å². The minimum Gasteiger partial charge on any atom is -0.403 e. The average molecular weight is 362 g/mol. The van der Waals surface area contributed by atoms with Crippen LogP contribution in [0.4, 0.5) is 17.6 Å². The van der Waals surface area contributed by atoms with Gasteiger partial charge in [0.05, 0.1) is 0 Å². The van der Waals surface area contributed by atoms with Gasteiger partial charge in [-0.1, -0.05) is 61.5 Å². The Balaban J connectivity index is 1.87. The second-order valence-electron chi connectivity index (χ2n) is 6.27. The molecule has 0 saturated carbocycles. The highest BCUT2D eigenvalue weighted by Crippen LogP contribution is 2.40. The van der Waals surface area contributed by atoms with E-state index in [9.17, 15) is 17.6 Å². The second kappa shape index (κ2) is 6.98. The van der Waals surface area contributed by atoms with Crippen LogP contribution in [0.15, 0.2) is 66.8 Å². The standard InChI is InChI=1S/C21H18F4O/c1-2-20(12-10-16(11-13-20)15-6-4-3-5-7-15)17-8-9-19(18(22)14-17)26-21(23,24)25/h3-12,14H,2,13H2,1H3. The number of rotatable bonds is 4. The molecule has 1 unspecified atom stereocenters. The zero-order chi connectivity index (χ0) is 18.8. The van der Waals surface area contributed by atoms with Gasteiger partial charge in [0.2, 0.25) is 0 Å². The van der Waals surface area contributed by atoms with E-state index in [1.165, 1.54) is 6.07 Å². The molecule has 1 nitrogen and oxygen atoms in total. The number of alkyl halides is 3. The van der Waals surface area contributed by atoms with Crippen molar-refractivity contribution in [3.05, 3.63) is 83.7 Å². The van der Waals surface area contributed by atoms with E-state index in [0.717, 1.165) is 23.3 Å². The Morgan fingerprint density at radius 1 is 1.08 bits per heavy atom. The maximum absolute atomic E-state index is 14.1. The first-order valence-electron chi connectivity index (χ1n) is 8.33. The zero-order valence-corrected chi connectivity index (χ0v) is 14.2. The Labute approximate surface area is 149 Å². The highest BCUT2D eigenvalue weighted by atomic mass is 19.4. The van der Waals surface area contributed by atoms with Gasteiger partial charge in [0, 0.05) is 5.41 Å². The van der Waals surface area contributed by atoms with Crippen LogP contribution in [0.1, 0.15) is 30.9 Å². The topological polar surface area (TPSA) is 9.23 Å². The lowest BCUT2D eigenvalue weighted by molar-refractivity contribution is -0.275. The molecule has 0 bridgehead atoms. The summed E-state index contributed by atoms with van der Waals surface area (Å²) >= 11 is 0. The van der Waals surface area contributed by atoms with Crippen LogP contribution in [-0.2, 0) is 5.41 Å². The largest absolute Gasteiger partial charge is 0.573 e. The van der Waals surface area contributed by atoms with Gasteiger partial charge in [-0.2, -0.15) is 0 Å². The van der Waals surface area contributed by atoms with E-state index in [2.05, 4.69) is 10.8 Å². The second-order valence-corrected chi connectivity index (χ2v) is 6.27. The summed E-state index contributed by atoms with van der Waals surface area (Å²) in [7, 11) is 0. The minimum absolute atomic E-state index is 0.449. The Morgan fingerprint density at radius 3 is 2.35 bits per heavy atom. The predicted molar refractivity (Wildman–Crippen MR) is 93.2 cm³/mol. The first kappa shape index (κ1) is 18.2. The molecule has 0 heterocycles. The first-order valence-corrected chi connectivity index (χ1v) is 8.33. The Morgan fingerprint density at radius 2 is 1.81 bits per heavy atom. The van der Waals surface area contributed by atoms with Gasteiger partial charge in [0.25, 0.3) is 0 Å². The summed E-state index contributed by atoms with van der Waals surface area (Å²) in [6.07, 6.45) is 2.50. The maximum atomic E-state index is 14.1. The maximum Gasteiger partial charge on any atom is 0.573 e. The molecule has 0 saturated heterocycles. The number of hydrogen-bond donors (Lipinski definition) is 0. The molecule has 1 aliphatic rings. The molecule has 0 N–H and O–H groups in total. The SMILES string of the molecule is CCC1(c2ccc(OC(F)(F)F)c(F)c2)C=CC(c2ccccc2)=CC1. The van der Waals surface area contributed by atoms with Crippen molar-refractivity contribution in [1.82, 2.24) is 0 Å². The quantitative estimate of drug-likeness (QED) is 0.571. The van der Waals surface area contributed by atoms with Crippen LogP contribution in [0, 0.1) is 5.82 Å². The van der Waals surface area contributed by atoms with Crippen molar-refractivity contribution in [1.29, 1.82) is 0 Å². The van der Waals surface area contributed by atoms with Crippen LogP contribution in [0.25, 0.3) is 5.57 Å².